The summed E-state index contributed by atoms with van der Waals surface area (Å²) >= 11 is 0. The predicted molar refractivity (Wildman–Crippen MR) is 110 cm³/mol. The molecule has 1 aliphatic heterocycles. The van der Waals surface area contributed by atoms with Gasteiger partial charge in [-0.3, -0.25) is 0 Å². The molecule has 0 radical (unpaired) electrons. The average molecular weight is 368 g/mol. The van der Waals surface area contributed by atoms with Crippen molar-refractivity contribution in [3.8, 4) is 5.75 Å². The first-order valence-corrected chi connectivity index (χ1v) is 11.7. The number of hydrogen-bond donors (Lipinski definition) is 0. The van der Waals surface area contributed by atoms with Crippen LogP contribution in [0.25, 0.3) is 0 Å². The van der Waals surface area contributed by atoms with Crippen LogP contribution < -0.4 is 10.0 Å². The molecule has 0 unspecified atom stereocenters. The second kappa shape index (κ2) is 6.86. The van der Waals surface area contributed by atoms with E-state index in [-0.39, 0.29) is 29.4 Å². The molecule has 1 heterocycles. The second-order valence-electron chi connectivity index (χ2n) is 9.50. The zero-order valence-corrected chi connectivity index (χ0v) is 18.6. The molecule has 2 atom stereocenters. The first kappa shape index (κ1) is 20.2. The van der Waals surface area contributed by atoms with Gasteiger partial charge in [-0.2, -0.15) is 0 Å². The highest BCUT2D eigenvalue weighted by Crippen LogP contribution is 2.62. The molecular formula is C20H34O2P2. The van der Waals surface area contributed by atoms with Crippen LogP contribution in [0.3, 0.4) is 0 Å². The fourth-order valence-electron chi connectivity index (χ4n) is 3.35. The summed E-state index contributed by atoms with van der Waals surface area (Å²) in [5.41, 5.74) is 0. The van der Waals surface area contributed by atoms with Crippen molar-refractivity contribution in [1.29, 1.82) is 0 Å². The molecule has 1 aliphatic rings. The van der Waals surface area contributed by atoms with Crippen molar-refractivity contribution in [2.75, 3.05) is 6.35 Å². The predicted octanol–water partition coefficient (Wildman–Crippen LogP) is 6.32. The van der Waals surface area contributed by atoms with E-state index < -0.39 is 7.92 Å². The Hall–Kier alpha value is -0.160. The Balaban J connectivity index is 2.20. The first-order valence-electron chi connectivity index (χ1n) is 8.76. The smallest absolute Gasteiger partial charge is 0.223 e. The maximum absolute atomic E-state index is 6.48. The minimum atomic E-state index is -0.502. The molecule has 0 spiro atoms. The molecule has 4 heteroatoms. The number of fused-ring (bicyclic) bond motifs is 1. The molecule has 0 saturated carbocycles. The lowest BCUT2D eigenvalue weighted by Crippen LogP contribution is -2.31. The first-order chi connectivity index (χ1) is 10.8. The van der Waals surface area contributed by atoms with Crippen molar-refractivity contribution in [1.82, 2.24) is 0 Å². The maximum Gasteiger partial charge on any atom is 0.223 e. The van der Waals surface area contributed by atoms with Crippen molar-refractivity contribution < 1.29 is 9.47 Å². The molecule has 2 nitrogen and oxygen atoms in total. The zero-order chi connectivity index (χ0) is 18.3. The molecule has 0 saturated heterocycles. The van der Waals surface area contributed by atoms with E-state index in [4.69, 9.17) is 9.47 Å². The Bertz CT molecular complexity index is 550. The van der Waals surface area contributed by atoms with Gasteiger partial charge < -0.3 is 9.47 Å². The molecule has 136 valence electrons. The Morgan fingerprint density at radius 1 is 0.958 bits per heavy atom. The van der Waals surface area contributed by atoms with Crippen LogP contribution in [0.15, 0.2) is 24.3 Å². The van der Waals surface area contributed by atoms with E-state index in [9.17, 15) is 0 Å². The van der Waals surface area contributed by atoms with Crippen LogP contribution in [0, 0.1) is 0 Å². The monoisotopic (exact) mass is 368 g/mol. The van der Waals surface area contributed by atoms with Crippen LogP contribution in [0.5, 0.6) is 5.75 Å². The number of hydrogen-bond acceptors (Lipinski definition) is 2. The van der Waals surface area contributed by atoms with Gasteiger partial charge in [0.2, 0.25) is 6.03 Å². The van der Waals surface area contributed by atoms with E-state index >= 15 is 0 Å². The van der Waals surface area contributed by atoms with Gasteiger partial charge in [0.1, 0.15) is 5.75 Å². The molecular weight excluding hydrogens is 334 g/mol. The summed E-state index contributed by atoms with van der Waals surface area (Å²) in [7, 11) is -0.784. The molecule has 0 fully saturated rings. The Kier molecular flexibility index (Phi) is 5.76. The molecule has 1 aromatic rings. The standard InChI is InChI=1S/C20H34O2P2/c1-18(2,3)23(19(4,5)6)14-21-17-22-15-12-10-11-13-16(15)24(17)20(7,8)9/h10-13,17H,14H2,1-9H3/t17-,24-/m1/s1. The lowest BCUT2D eigenvalue weighted by molar-refractivity contribution is 0.00747. The largest absolute Gasteiger partial charge is 0.460 e. The van der Waals surface area contributed by atoms with E-state index in [2.05, 4.69) is 86.6 Å². The molecule has 2 rings (SSSR count). The van der Waals surface area contributed by atoms with E-state index in [0.29, 0.717) is 0 Å². The van der Waals surface area contributed by atoms with Crippen molar-refractivity contribution >= 4 is 21.1 Å². The summed E-state index contributed by atoms with van der Waals surface area (Å²) in [5, 5.41) is 2.05. The lowest BCUT2D eigenvalue weighted by Gasteiger charge is -2.42. The van der Waals surface area contributed by atoms with Crippen molar-refractivity contribution in [3.05, 3.63) is 24.3 Å². The van der Waals surface area contributed by atoms with Crippen molar-refractivity contribution in [2.24, 2.45) is 0 Å². The minimum Gasteiger partial charge on any atom is -0.460 e. The number of rotatable bonds is 3. The SMILES string of the molecule is CC(C)(C)P(CO[C@@H]1Oc2ccccc2[P@@]1C(C)(C)C)C(C)(C)C. The van der Waals surface area contributed by atoms with Crippen LogP contribution in [-0.2, 0) is 4.74 Å². The highest BCUT2D eigenvalue weighted by atomic mass is 31.1. The van der Waals surface area contributed by atoms with Gasteiger partial charge in [-0.15, -0.1) is 0 Å². The van der Waals surface area contributed by atoms with Crippen LogP contribution in [-0.4, -0.2) is 27.8 Å². The van der Waals surface area contributed by atoms with E-state index in [0.717, 1.165) is 12.1 Å². The number of para-hydroxylation sites is 1. The van der Waals surface area contributed by atoms with Crippen LogP contribution >= 0.6 is 15.8 Å². The van der Waals surface area contributed by atoms with Gasteiger partial charge >= 0.3 is 0 Å². The summed E-state index contributed by atoms with van der Waals surface area (Å²) in [4.78, 5) is 0. The van der Waals surface area contributed by atoms with Gasteiger partial charge in [0, 0.05) is 13.2 Å². The summed E-state index contributed by atoms with van der Waals surface area (Å²) < 4.78 is 12.7. The second-order valence-corrected chi connectivity index (χ2v) is 16.3. The Labute approximate surface area is 151 Å². The summed E-state index contributed by atoms with van der Waals surface area (Å²) in [6.07, 6.45) is 0.801. The summed E-state index contributed by atoms with van der Waals surface area (Å²) in [6, 6.07) is 8.34. The van der Waals surface area contributed by atoms with Crippen molar-refractivity contribution in [2.45, 2.75) is 83.8 Å². The van der Waals surface area contributed by atoms with Gasteiger partial charge in [0.15, 0.2) is 0 Å². The van der Waals surface area contributed by atoms with Crippen LogP contribution in [0.4, 0.5) is 0 Å². The quantitative estimate of drug-likeness (QED) is 0.581. The molecule has 0 N–H and O–H groups in total. The molecule has 0 bridgehead atoms. The van der Waals surface area contributed by atoms with Crippen LogP contribution in [0.2, 0.25) is 0 Å². The van der Waals surface area contributed by atoms with Gasteiger partial charge in [0.05, 0.1) is 6.35 Å². The zero-order valence-electron chi connectivity index (χ0n) is 16.8. The third kappa shape index (κ3) is 4.51. The van der Waals surface area contributed by atoms with E-state index in [1.807, 2.05) is 0 Å². The van der Waals surface area contributed by atoms with Crippen LogP contribution in [0.1, 0.15) is 62.3 Å². The van der Waals surface area contributed by atoms with Crippen molar-refractivity contribution in [3.63, 3.8) is 0 Å². The highest BCUT2D eigenvalue weighted by Gasteiger charge is 2.43. The summed E-state index contributed by atoms with van der Waals surface area (Å²) in [5.74, 6) is 1.01. The van der Waals surface area contributed by atoms with Gasteiger partial charge in [-0.1, -0.05) is 88.4 Å². The Morgan fingerprint density at radius 2 is 1.50 bits per heavy atom. The molecule has 0 aliphatic carbocycles. The number of ether oxygens (including phenoxy) is 2. The third-order valence-corrected chi connectivity index (χ3v) is 10.9. The van der Waals surface area contributed by atoms with E-state index in [1.165, 1.54) is 5.30 Å². The molecule has 1 aromatic carbocycles. The third-order valence-electron chi connectivity index (χ3n) is 4.25. The molecule has 24 heavy (non-hydrogen) atoms. The number of benzene rings is 1. The minimum absolute atomic E-state index is 0.118. The fourth-order valence-corrected chi connectivity index (χ4v) is 9.17. The maximum atomic E-state index is 6.48. The topological polar surface area (TPSA) is 18.5 Å². The normalized spacial score (nSPS) is 21.8. The van der Waals surface area contributed by atoms with Gasteiger partial charge in [-0.05, 0) is 21.5 Å². The lowest BCUT2D eigenvalue weighted by atomic mass is 10.2. The summed E-state index contributed by atoms with van der Waals surface area (Å²) in [6.45, 7) is 20.9. The highest BCUT2D eigenvalue weighted by molar-refractivity contribution is 7.68. The molecule has 0 aromatic heterocycles. The molecule has 0 amide bonds. The van der Waals surface area contributed by atoms with E-state index in [1.54, 1.807) is 0 Å². The van der Waals surface area contributed by atoms with Gasteiger partial charge in [-0.25, -0.2) is 0 Å². The average Bonchev–Trinajstić information content (AvgIpc) is 2.73. The fraction of sp³-hybridized carbons (Fsp3) is 0.700. The Morgan fingerprint density at radius 3 is 2.00 bits per heavy atom. The van der Waals surface area contributed by atoms with Gasteiger partial charge in [0.25, 0.3) is 0 Å².